The number of ketones is 1. The van der Waals surface area contributed by atoms with Crippen LogP contribution in [0.4, 0.5) is 0 Å². The lowest BCUT2D eigenvalue weighted by atomic mass is 9.95. The van der Waals surface area contributed by atoms with Crippen molar-refractivity contribution in [2.45, 2.75) is 31.9 Å². The summed E-state index contributed by atoms with van der Waals surface area (Å²) in [5.74, 6) is -1.58. The number of carbonyl (C=O) groups excluding carboxylic acids is 2. The van der Waals surface area contributed by atoms with E-state index in [-0.39, 0.29) is 29.7 Å². The Hall–Kier alpha value is -3.12. The largest absolute Gasteiger partial charge is 0.508 e. The second-order valence-corrected chi connectivity index (χ2v) is 7.55. The van der Waals surface area contributed by atoms with Crippen LogP contribution in [0, 0.1) is 6.92 Å². The van der Waals surface area contributed by atoms with Crippen molar-refractivity contribution < 1.29 is 24.5 Å². The van der Waals surface area contributed by atoms with Crippen molar-refractivity contribution in [3.05, 3.63) is 70.8 Å². The zero-order valence-corrected chi connectivity index (χ0v) is 16.2. The fourth-order valence-electron chi connectivity index (χ4n) is 3.98. The van der Waals surface area contributed by atoms with E-state index in [2.05, 4.69) is 0 Å². The molecule has 2 aromatic rings. The third kappa shape index (κ3) is 3.63. The molecule has 0 bridgehead atoms. The van der Waals surface area contributed by atoms with E-state index >= 15 is 0 Å². The number of phenols is 1. The number of aromatic hydroxyl groups is 1. The first-order valence-electron chi connectivity index (χ1n) is 9.71. The second kappa shape index (κ2) is 7.72. The Morgan fingerprint density at radius 3 is 2.59 bits per heavy atom. The molecular formula is C23H23NO5. The number of hydrogen-bond acceptors (Lipinski definition) is 5. The van der Waals surface area contributed by atoms with Gasteiger partial charge >= 0.3 is 0 Å². The molecule has 1 amide bonds. The fraction of sp³-hybridized carbons (Fsp3) is 0.304. The van der Waals surface area contributed by atoms with Gasteiger partial charge < -0.3 is 19.8 Å². The first-order valence-corrected chi connectivity index (χ1v) is 9.71. The molecule has 2 fully saturated rings. The van der Waals surface area contributed by atoms with Crippen molar-refractivity contribution in [2.24, 2.45) is 0 Å². The third-order valence-corrected chi connectivity index (χ3v) is 5.48. The molecule has 29 heavy (non-hydrogen) atoms. The number of likely N-dealkylation sites (tertiary alicyclic amines) is 1. The first-order chi connectivity index (χ1) is 14.0. The van der Waals surface area contributed by atoms with Gasteiger partial charge in [0.2, 0.25) is 0 Å². The summed E-state index contributed by atoms with van der Waals surface area (Å²) >= 11 is 0. The minimum Gasteiger partial charge on any atom is -0.508 e. The standard InChI is InChI=1S/C23H23NO5/c1-14-7-9-15(10-8-14)21(26)19-20(16-4-2-5-17(25)12-16)24(23(28)22(19)27)13-18-6-3-11-29-18/h2,4-5,7-10,12,18,20,25-26H,3,6,11,13H2,1H3/b21-19+. The molecular weight excluding hydrogens is 370 g/mol. The summed E-state index contributed by atoms with van der Waals surface area (Å²) < 4.78 is 5.67. The summed E-state index contributed by atoms with van der Waals surface area (Å²) in [5.41, 5.74) is 2.08. The number of carbonyl (C=O) groups is 2. The molecule has 0 spiro atoms. The smallest absolute Gasteiger partial charge is 0.295 e. The number of rotatable bonds is 4. The van der Waals surface area contributed by atoms with Gasteiger partial charge in [-0.05, 0) is 37.5 Å². The number of amides is 1. The maximum absolute atomic E-state index is 12.9. The number of hydrogen-bond donors (Lipinski definition) is 2. The molecule has 2 N–H and O–H groups in total. The van der Waals surface area contributed by atoms with E-state index in [0.29, 0.717) is 17.7 Å². The first kappa shape index (κ1) is 19.2. The quantitative estimate of drug-likeness (QED) is 0.473. The lowest BCUT2D eigenvalue weighted by Gasteiger charge is -2.27. The van der Waals surface area contributed by atoms with Gasteiger partial charge in [0.25, 0.3) is 11.7 Å². The van der Waals surface area contributed by atoms with Gasteiger partial charge in [0.15, 0.2) is 0 Å². The Balaban J connectivity index is 1.83. The van der Waals surface area contributed by atoms with E-state index < -0.39 is 17.7 Å². The van der Waals surface area contributed by atoms with Gasteiger partial charge in [-0.25, -0.2) is 0 Å². The van der Waals surface area contributed by atoms with Crippen LogP contribution in [-0.2, 0) is 14.3 Å². The van der Waals surface area contributed by atoms with Crippen molar-refractivity contribution >= 4 is 17.4 Å². The number of benzene rings is 2. The molecule has 2 saturated heterocycles. The Labute approximate surface area is 169 Å². The van der Waals surface area contributed by atoms with Gasteiger partial charge in [-0.2, -0.15) is 0 Å². The van der Waals surface area contributed by atoms with Gasteiger partial charge in [0.1, 0.15) is 11.5 Å². The lowest BCUT2D eigenvalue weighted by Crippen LogP contribution is -2.36. The number of aryl methyl sites for hydroxylation is 1. The topological polar surface area (TPSA) is 87.1 Å². The minimum atomic E-state index is -0.785. The number of aliphatic hydroxyl groups excluding tert-OH is 1. The zero-order valence-electron chi connectivity index (χ0n) is 16.2. The van der Waals surface area contributed by atoms with Crippen LogP contribution in [0.3, 0.4) is 0 Å². The summed E-state index contributed by atoms with van der Waals surface area (Å²) in [7, 11) is 0. The highest BCUT2D eigenvalue weighted by atomic mass is 16.5. The molecule has 0 aliphatic carbocycles. The molecule has 0 saturated carbocycles. The van der Waals surface area contributed by atoms with Crippen LogP contribution in [0.5, 0.6) is 5.75 Å². The normalized spacial score (nSPS) is 23.7. The molecule has 2 aliphatic heterocycles. The predicted molar refractivity (Wildman–Crippen MR) is 107 cm³/mol. The molecule has 4 rings (SSSR count). The molecule has 2 aliphatic rings. The van der Waals surface area contributed by atoms with Crippen molar-refractivity contribution in [2.75, 3.05) is 13.2 Å². The van der Waals surface area contributed by atoms with Crippen LogP contribution in [-0.4, -0.2) is 46.1 Å². The highest BCUT2D eigenvalue weighted by molar-refractivity contribution is 6.46. The molecule has 2 aromatic carbocycles. The Bertz CT molecular complexity index is 973. The van der Waals surface area contributed by atoms with E-state index in [1.165, 1.54) is 17.0 Å². The van der Waals surface area contributed by atoms with Gasteiger partial charge in [-0.1, -0.05) is 42.0 Å². The number of ether oxygens (including phenoxy) is 1. The summed E-state index contributed by atoms with van der Waals surface area (Å²) in [6.45, 7) is 2.82. The maximum atomic E-state index is 12.9. The monoisotopic (exact) mass is 393 g/mol. The van der Waals surface area contributed by atoms with Crippen LogP contribution in [0.1, 0.15) is 35.6 Å². The van der Waals surface area contributed by atoms with Crippen LogP contribution in [0.15, 0.2) is 54.1 Å². The zero-order chi connectivity index (χ0) is 20.5. The fourth-order valence-corrected chi connectivity index (χ4v) is 3.98. The van der Waals surface area contributed by atoms with E-state index in [9.17, 15) is 19.8 Å². The molecule has 2 unspecified atom stereocenters. The average molecular weight is 393 g/mol. The van der Waals surface area contributed by atoms with Crippen molar-refractivity contribution in [3.8, 4) is 5.75 Å². The third-order valence-electron chi connectivity index (χ3n) is 5.48. The van der Waals surface area contributed by atoms with E-state index in [1.54, 1.807) is 24.3 Å². The van der Waals surface area contributed by atoms with Gasteiger partial charge in [-0.3, -0.25) is 9.59 Å². The van der Waals surface area contributed by atoms with Gasteiger partial charge in [-0.15, -0.1) is 0 Å². The molecule has 6 heteroatoms. The molecule has 150 valence electrons. The summed E-state index contributed by atoms with van der Waals surface area (Å²) in [6.07, 6.45) is 1.58. The Kier molecular flexibility index (Phi) is 5.11. The summed E-state index contributed by atoms with van der Waals surface area (Å²) in [5, 5.41) is 20.9. The molecule has 0 aromatic heterocycles. The molecule has 6 nitrogen and oxygen atoms in total. The number of aliphatic hydroxyl groups is 1. The van der Waals surface area contributed by atoms with Crippen LogP contribution < -0.4 is 0 Å². The SMILES string of the molecule is Cc1ccc(/C(O)=C2\C(=O)C(=O)N(CC3CCCO3)C2c2cccc(O)c2)cc1. The molecule has 2 atom stereocenters. The average Bonchev–Trinajstić information content (AvgIpc) is 3.30. The summed E-state index contributed by atoms with van der Waals surface area (Å²) in [6, 6.07) is 12.8. The van der Waals surface area contributed by atoms with Gasteiger partial charge in [0, 0.05) is 18.7 Å². The van der Waals surface area contributed by atoms with Crippen molar-refractivity contribution in [3.63, 3.8) is 0 Å². The summed E-state index contributed by atoms with van der Waals surface area (Å²) in [4.78, 5) is 27.3. The number of Topliss-reactive ketones (excluding diaryl/α,β-unsaturated/α-hetero) is 1. The Morgan fingerprint density at radius 2 is 1.93 bits per heavy atom. The highest BCUT2D eigenvalue weighted by Crippen LogP contribution is 2.40. The lowest BCUT2D eigenvalue weighted by molar-refractivity contribution is -0.140. The van der Waals surface area contributed by atoms with E-state index in [0.717, 1.165) is 18.4 Å². The van der Waals surface area contributed by atoms with Crippen LogP contribution in [0.2, 0.25) is 0 Å². The Morgan fingerprint density at radius 1 is 1.17 bits per heavy atom. The second-order valence-electron chi connectivity index (χ2n) is 7.55. The van der Waals surface area contributed by atoms with Gasteiger partial charge in [0.05, 0.1) is 17.7 Å². The molecule has 2 heterocycles. The number of nitrogens with zero attached hydrogens (tertiary/aromatic N) is 1. The van der Waals surface area contributed by atoms with Crippen molar-refractivity contribution in [1.82, 2.24) is 4.90 Å². The number of phenolic OH excluding ortho intramolecular Hbond substituents is 1. The maximum Gasteiger partial charge on any atom is 0.295 e. The van der Waals surface area contributed by atoms with E-state index in [1.807, 2.05) is 19.1 Å². The van der Waals surface area contributed by atoms with E-state index in [4.69, 9.17) is 4.74 Å². The predicted octanol–water partition coefficient (Wildman–Crippen LogP) is 3.30. The van der Waals surface area contributed by atoms with Crippen LogP contribution >= 0.6 is 0 Å². The molecule has 0 radical (unpaired) electrons. The van der Waals surface area contributed by atoms with Crippen molar-refractivity contribution in [1.29, 1.82) is 0 Å². The minimum absolute atomic E-state index is 0.0283. The highest BCUT2D eigenvalue weighted by Gasteiger charge is 2.47. The van der Waals surface area contributed by atoms with Crippen LogP contribution in [0.25, 0.3) is 5.76 Å².